The molecule has 0 fully saturated rings. The van der Waals surface area contributed by atoms with Crippen molar-refractivity contribution in [1.29, 1.82) is 0 Å². The Morgan fingerprint density at radius 2 is 0.938 bits per heavy atom. The second-order valence-corrected chi connectivity index (χ2v) is 18.7. The van der Waals surface area contributed by atoms with Gasteiger partial charge in [0.05, 0.1) is 48.1 Å². The van der Waals surface area contributed by atoms with Crippen molar-refractivity contribution in [3.8, 4) is 12.3 Å². The molecule has 384 valence electrons. The summed E-state index contributed by atoms with van der Waals surface area (Å²) < 4.78 is 34.1. The molecule has 1 atom stereocenters. The van der Waals surface area contributed by atoms with Gasteiger partial charge in [-0.1, -0.05) is 74.5 Å². The first-order valence-electron chi connectivity index (χ1n) is 22.9. The summed E-state index contributed by atoms with van der Waals surface area (Å²) in [5.41, 5.74) is 0.0771. The minimum absolute atomic E-state index is 0.00766. The highest BCUT2D eigenvalue weighted by Gasteiger charge is 2.23. The molecule has 0 heterocycles. The minimum atomic E-state index is -0.371. The Morgan fingerprint density at radius 1 is 0.585 bits per heavy atom. The summed E-state index contributed by atoms with van der Waals surface area (Å²) >= 11 is 3.09. The number of alkyl halides is 1. The number of hydrogen-bond donors (Lipinski definition) is 0. The molecular formula is C51H95BrO13. The summed E-state index contributed by atoms with van der Waals surface area (Å²) in [6.07, 6.45) is 13.9. The Kier molecular flexibility index (Phi) is 57.8. The van der Waals surface area contributed by atoms with Crippen LogP contribution in [-0.2, 0) is 61.9 Å². The summed E-state index contributed by atoms with van der Waals surface area (Å²) in [5.74, 6) is 1.24. The molecule has 0 rings (SSSR count). The summed E-state index contributed by atoms with van der Waals surface area (Å²) in [4.78, 5) is 64.3. The van der Waals surface area contributed by atoms with Gasteiger partial charge in [0, 0.05) is 24.5 Å². The number of ether oxygens (including phenoxy) is 7. The monoisotopic (exact) mass is 995 g/mol. The van der Waals surface area contributed by atoms with E-state index in [4.69, 9.17) is 34.8 Å². The predicted molar refractivity (Wildman–Crippen MR) is 268 cm³/mol. The van der Waals surface area contributed by atoms with Gasteiger partial charge < -0.3 is 33.2 Å². The Balaban J connectivity index is -0.000000121. The SMILES string of the molecule is C#CCOC(C)C.C=C(C)C(=O)OC(C)C.C=CC(=O)OC(C)C.CC(C)OC(=O)C(C)(C)C.CC(C)OC(=O)C(C)Br.CCCCCC(=O)OC(C)C.CCCCCC(=O)OC(C)C. The molecule has 0 aliphatic rings. The number of hydrogen-bond acceptors (Lipinski definition) is 13. The molecule has 0 spiro atoms. The molecule has 0 saturated carbocycles. The lowest BCUT2D eigenvalue weighted by molar-refractivity contribution is -0.157. The van der Waals surface area contributed by atoms with Crippen LogP contribution >= 0.6 is 15.9 Å². The van der Waals surface area contributed by atoms with Crippen LogP contribution < -0.4 is 0 Å². The van der Waals surface area contributed by atoms with E-state index in [1.807, 2.05) is 90.0 Å². The van der Waals surface area contributed by atoms with Crippen molar-refractivity contribution in [1.82, 2.24) is 0 Å². The third-order valence-electron chi connectivity index (χ3n) is 6.04. The molecule has 1 unspecified atom stereocenters. The molecule has 0 aromatic rings. The van der Waals surface area contributed by atoms with Crippen molar-refractivity contribution in [3.05, 3.63) is 24.8 Å². The second kappa shape index (κ2) is 49.7. The van der Waals surface area contributed by atoms with Crippen LogP contribution in [0.2, 0.25) is 0 Å². The van der Waals surface area contributed by atoms with Gasteiger partial charge in [-0.2, -0.15) is 0 Å². The van der Waals surface area contributed by atoms with Crippen LogP contribution in [0.25, 0.3) is 0 Å². The summed E-state index contributed by atoms with van der Waals surface area (Å²) in [6.45, 7) is 46.2. The van der Waals surface area contributed by atoms with Crippen LogP contribution in [0.1, 0.15) is 197 Å². The third kappa shape index (κ3) is 81.0. The van der Waals surface area contributed by atoms with Gasteiger partial charge in [0.1, 0.15) is 11.4 Å². The van der Waals surface area contributed by atoms with E-state index < -0.39 is 0 Å². The van der Waals surface area contributed by atoms with E-state index >= 15 is 0 Å². The fourth-order valence-corrected chi connectivity index (χ4v) is 3.32. The van der Waals surface area contributed by atoms with Gasteiger partial charge in [-0.3, -0.25) is 19.2 Å². The van der Waals surface area contributed by atoms with Gasteiger partial charge in [-0.15, -0.1) is 6.42 Å². The molecule has 0 bridgehead atoms. The quantitative estimate of drug-likeness (QED) is 0.0300. The molecule has 13 nitrogen and oxygen atoms in total. The Labute approximate surface area is 405 Å². The molecule has 0 radical (unpaired) electrons. The van der Waals surface area contributed by atoms with Crippen LogP contribution in [0, 0.1) is 17.8 Å². The van der Waals surface area contributed by atoms with Crippen molar-refractivity contribution >= 4 is 51.7 Å². The maximum Gasteiger partial charge on any atom is 0.333 e. The Bertz CT molecular complexity index is 1240. The third-order valence-corrected chi connectivity index (χ3v) is 6.42. The number of terminal acetylenes is 1. The summed E-state index contributed by atoms with van der Waals surface area (Å²) in [6, 6.07) is 0. The highest BCUT2D eigenvalue weighted by molar-refractivity contribution is 9.10. The van der Waals surface area contributed by atoms with Gasteiger partial charge in [0.2, 0.25) is 0 Å². The average molecular weight is 996 g/mol. The van der Waals surface area contributed by atoms with Crippen LogP contribution in [0.4, 0.5) is 0 Å². The fourth-order valence-electron chi connectivity index (χ4n) is 3.21. The highest BCUT2D eigenvalue weighted by Crippen LogP contribution is 2.16. The number of esters is 6. The molecule has 0 amide bonds. The zero-order valence-corrected chi connectivity index (χ0v) is 46.3. The van der Waals surface area contributed by atoms with Crippen LogP contribution in [0.15, 0.2) is 24.8 Å². The Hall–Kier alpha value is -3.70. The summed E-state index contributed by atoms with van der Waals surface area (Å²) in [5, 5.41) is 0. The van der Waals surface area contributed by atoms with Gasteiger partial charge in [0.25, 0.3) is 0 Å². The molecule has 0 aromatic heterocycles. The predicted octanol–water partition coefficient (Wildman–Crippen LogP) is 12.4. The van der Waals surface area contributed by atoms with E-state index in [1.54, 1.807) is 41.5 Å². The van der Waals surface area contributed by atoms with E-state index in [2.05, 4.69) is 53.6 Å². The summed E-state index contributed by atoms with van der Waals surface area (Å²) in [7, 11) is 0. The maximum absolute atomic E-state index is 11.1. The van der Waals surface area contributed by atoms with E-state index in [0.29, 0.717) is 25.0 Å². The number of halogens is 1. The topological polar surface area (TPSA) is 167 Å². The molecule has 14 heteroatoms. The molecule has 0 aromatic carbocycles. The molecule has 0 saturated heterocycles. The fraction of sp³-hybridized carbons (Fsp3) is 0.765. The molecule has 0 aliphatic heterocycles. The van der Waals surface area contributed by atoms with E-state index in [-0.39, 0.29) is 88.8 Å². The zero-order valence-electron chi connectivity index (χ0n) is 44.7. The van der Waals surface area contributed by atoms with Gasteiger partial charge >= 0.3 is 35.8 Å². The van der Waals surface area contributed by atoms with Crippen LogP contribution in [0.5, 0.6) is 0 Å². The first-order chi connectivity index (χ1) is 29.7. The average Bonchev–Trinajstić information content (AvgIpc) is 3.13. The maximum atomic E-state index is 11.1. The normalized spacial score (nSPS) is 10.5. The van der Waals surface area contributed by atoms with Gasteiger partial charge in [-0.25, -0.2) is 9.59 Å². The lowest BCUT2D eigenvalue weighted by Gasteiger charge is -2.18. The zero-order chi connectivity index (χ0) is 52.9. The van der Waals surface area contributed by atoms with Crippen molar-refractivity contribution in [2.75, 3.05) is 6.61 Å². The molecular weight excluding hydrogens is 900 g/mol. The van der Waals surface area contributed by atoms with E-state index in [0.717, 1.165) is 44.6 Å². The number of carbonyl (C=O) groups excluding carboxylic acids is 6. The van der Waals surface area contributed by atoms with Gasteiger partial charge in [-0.05, 0) is 144 Å². The highest BCUT2D eigenvalue weighted by atomic mass is 79.9. The van der Waals surface area contributed by atoms with Crippen molar-refractivity contribution in [2.24, 2.45) is 5.41 Å². The largest absolute Gasteiger partial charge is 0.463 e. The first-order valence-corrected chi connectivity index (χ1v) is 23.8. The standard InChI is InChI=1S/2C9H18O2.C8H16O2.C7H12O2.C6H11BrO2.C6H10O2.C6H10O/c2*1-4-5-6-7-9(10)11-8(2)3;1-6(2)10-7(9)8(3,4)5;1-5(2)7(8)9-6(3)4;1-4(2)9-6(8)5(3)7;1-4-6(7)8-5(2)3;1-4-5-7-6(2)3/h2*8H,4-7H2,1-3H3;6H,1-5H3;6H,1H2,2-4H3;4-5H,1-3H3;4-5H,1H2,2-3H3;1,6H,5H2,2-3H3. The van der Waals surface area contributed by atoms with Crippen LogP contribution in [-0.4, -0.2) is 90.0 Å². The second-order valence-electron chi connectivity index (χ2n) is 17.3. The van der Waals surface area contributed by atoms with Crippen molar-refractivity contribution in [2.45, 2.75) is 244 Å². The molecule has 65 heavy (non-hydrogen) atoms. The minimum Gasteiger partial charge on any atom is -0.463 e. The van der Waals surface area contributed by atoms with Crippen LogP contribution in [0.3, 0.4) is 0 Å². The Morgan fingerprint density at radius 3 is 1.09 bits per heavy atom. The van der Waals surface area contributed by atoms with E-state index in [9.17, 15) is 28.8 Å². The van der Waals surface area contributed by atoms with Crippen molar-refractivity contribution in [3.63, 3.8) is 0 Å². The number of unbranched alkanes of at least 4 members (excludes halogenated alkanes) is 4. The smallest absolute Gasteiger partial charge is 0.333 e. The van der Waals surface area contributed by atoms with Gasteiger partial charge in [0.15, 0.2) is 0 Å². The number of carbonyl (C=O) groups is 6. The molecule has 0 N–H and O–H groups in total. The first kappa shape index (κ1) is 75.6. The van der Waals surface area contributed by atoms with E-state index in [1.165, 1.54) is 0 Å². The lowest BCUT2D eigenvalue weighted by Crippen LogP contribution is -2.25. The number of rotatable bonds is 19. The lowest BCUT2D eigenvalue weighted by atomic mass is 9.97. The molecule has 0 aliphatic carbocycles. The van der Waals surface area contributed by atoms with Crippen molar-refractivity contribution < 1.29 is 61.9 Å².